The summed E-state index contributed by atoms with van der Waals surface area (Å²) in [4.78, 5) is 8.36. The molecule has 118 valence electrons. The van der Waals surface area contributed by atoms with Crippen molar-refractivity contribution in [2.45, 2.75) is 39.8 Å². The highest BCUT2D eigenvalue weighted by molar-refractivity contribution is 5.73. The molecule has 0 aliphatic heterocycles. The SMILES string of the molecule is Cc1ccc(CNc2ncnc(NNC(C)(C)C)c2N)cc1. The first-order valence-corrected chi connectivity index (χ1v) is 7.28. The lowest BCUT2D eigenvalue weighted by Crippen LogP contribution is -2.40. The van der Waals surface area contributed by atoms with Crippen molar-refractivity contribution >= 4 is 17.3 Å². The second-order valence-corrected chi connectivity index (χ2v) is 6.32. The van der Waals surface area contributed by atoms with Crippen molar-refractivity contribution in [2.75, 3.05) is 16.5 Å². The molecule has 0 aliphatic carbocycles. The summed E-state index contributed by atoms with van der Waals surface area (Å²) in [5.41, 5.74) is 15.1. The van der Waals surface area contributed by atoms with Crippen molar-refractivity contribution in [3.05, 3.63) is 41.7 Å². The molecule has 0 amide bonds. The monoisotopic (exact) mass is 300 g/mol. The maximum absolute atomic E-state index is 6.11. The fourth-order valence-electron chi connectivity index (χ4n) is 1.77. The third-order valence-corrected chi connectivity index (χ3v) is 3.02. The molecule has 0 saturated carbocycles. The van der Waals surface area contributed by atoms with Crippen LogP contribution in [0, 0.1) is 6.92 Å². The van der Waals surface area contributed by atoms with Gasteiger partial charge in [-0.2, -0.15) is 0 Å². The summed E-state index contributed by atoms with van der Waals surface area (Å²) in [6.45, 7) is 8.88. The maximum Gasteiger partial charge on any atom is 0.169 e. The molecular weight excluding hydrogens is 276 g/mol. The Morgan fingerprint density at radius 2 is 1.68 bits per heavy atom. The molecule has 1 aromatic heterocycles. The van der Waals surface area contributed by atoms with Crippen LogP contribution in [0.3, 0.4) is 0 Å². The summed E-state index contributed by atoms with van der Waals surface area (Å²) < 4.78 is 0. The average molecular weight is 300 g/mol. The zero-order valence-corrected chi connectivity index (χ0v) is 13.6. The van der Waals surface area contributed by atoms with Crippen LogP contribution in [0.25, 0.3) is 0 Å². The van der Waals surface area contributed by atoms with Crippen LogP contribution in [0.15, 0.2) is 30.6 Å². The molecule has 1 aromatic carbocycles. The Hall–Kier alpha value is -2.34. The van der Waals surface area contributed by atoms with E-state index in [1.165, 1.54) is 17.5 Å². The highest BCUT2D eigenvalue weighted by atomic mass is 15.4. The number of nitrogens with two attached hydrogens (primary N) is 1. The van der Waals surface area contributed by atoms with E-state index in [2.05, 4.69) is 57.3 Å². The number of aryl methyl sites for hydroxylation is 1. The highest BCUT2D eigenvalue weighted by Gasteiger charge is 2.12. The van der Waals surface area contributed by atoms with Gasteiger partial charge >= 0.3 is 0 Å². The number of anilines is 3. The molecule has 2 rings (SSSR count). The second-order valence-electron chi connectivity index (χ2n) is 6.32. The third-order valence-electron chi connectivity index (χ3n) is 3.02. The summed E-state index contributed by atoms with van der Waals surface area (Å²) in [6, 6.07) is 8.33. The first-order valence-electron chi connectivity index (χ1n) is 7.28. The Morgan fingerprint density at radius 3 is 2.32 bits per heavy atom. The van der Waals surface area contributed by atoms with Gasteiger partial charge in [0.2, 0.25) is 0 Å². The molecule has 0 fully saturated rings. The van der Waals surface area contributed by atoms with E-state index in [0.29, 0.717) is 23.9 Å². The molecule has 0 atom stereocenters. The summed E-state index contributed by atoms with van der Waals surface area (Å²) in [7, 11) is 0. The zero-order chi connectivity index (χ0) is 16.2. The van der Waals surface area contributed by atoms with E-state index in [-0.39, 0.29) is 5.54 Å². The maximum atomic E-state index is 6.11. The molecule has 2 aromatic rings. The van der Waals surface area contributed by atoms with Crippen LogP contribution in [-0.4, -0.2) is 15.5 Å². The number of hydrogen-bond donors (Lipinski definition) is 4. The standard InChI is InChI=1S/C16H24N6/c1-11-5-7-12(8-6-11)9-18-14-13(17)15(20-10-19-14)21-22-16(2,3)4/h5-8,10,22H,9,17H2,1-4H3,(H2,18,19,20,21). The van der Waals surface area contributed by atoms with Crippen LogP contribution in [0.2, 0.25) is 0 Å². The van der Waals surface area contributed by atoms with Crippen LogP contribution < -0.4 is 21.9 Å². The molecule has 0 spiro atoms. The minimum Gasteiger partial charge on any atom is -0.393 e. The normalized spacial score (nSPS) is 11.3. The molecule has 1 heterocycles. The van der Waals surface area contributed by atoms with Gasteiger partial charge in [0.05, 0.1) is 0 Å². The van der Waals surface area contributed by atoms with Crippen LogP contribution in [0.5, 0.6) is 0 Å². The number of benzene rings is 1. The minimum atomic E-state index is -0.0904. The molecule has 0 unspecified atom stereocenters. The van der Waals surface area contributed by atoms with Crippen LogP contribution in [-0.2, 0) is 6.54 Å². The molecule has 6 nitrogen and oxygen atoms in total. The smallest absolute Gasteiger partial charge is 0.169 e. The van der Waals surface area contributed by atoms with Crippen LogP contribution in [0.4, 0.5) is 17.3 Å². The Morgan fingerprint density at radius 1 is 1.05 bits per heavy atom. The van der Waals surface area contributed by atoms with Crippen LogP contribution >= 0.6 is 0 Å². The Balaban J connectivity index is 2.03. The van der Waals surface area contributed by atoms with Gasteiger partial charge in [-0.25, -0.2) is 15.4 Å². The fraction of sp³-hybridized carbons (Fsp3) is 0.375. The quantitative estimate of drug-likeness (QED) is 0.635. The van der Waals surface area contributed by atoms with Gasteiger partial charge in [0.25, 0.3) is 0 Å². The Kier molecular flexibility index (Phi) is 4.82. The van der Waals surface area contributed by atoms with Crippen LogP contribution in [0.1, 0.15) is 31.9 Å². The van der Waals surface area contributed by atoms with Gasteiger partial charge in [0.1, 0.15) is 12.0 Å². The minimum absolute atomic E-state index is 0.0904. The van der Waals surface area contributed by atoms with Gasteiger partial charge < -0.3 is 16.5 Å². The van der Waals surface area contributed by atoms with Gasteiger partial charge in [-0.05, 0) is 33.3 Å². The zero-order valence-electron chi connectivity index (χ0n) is 13.6. The second kappa shape index (κ2) is 6.62. The topological polar surface area (TPSA) is 87.9 Å². The van der Waals surface area contributed by atoms with Crippen molar-refractivity contribution in [2.24, 2.45) is 0 Å². The third kappa shape index (κ3) is 4.60. The largest absolute Gasteiger partial charge is 0.393 e. The van der Waals surface area contributed by atoms with Crippen molar-refractivity contribution in [3.8, 4) is 0 Å². The Bertz CT molecular complexity index is 616. The molecule has 0 bridgehead atoms. The number of aromatic nitrogens is 2. The average Bonchev–Trinajstić information content (AvgIpc) is 2.46. The lowest BCUT2D eigenvalue weighted by molar-refractivity contribution is 0.464. The molecule has 0 aliphatic rings. The van der Waals surface area contributed by atoms with E-state index in [4.69, 9.17) is 5.73 Å². The van der Waals surface area contributed by atoms with E-state index in [0.717, 1.165) is 0 Å². The van der Waals surface area contributed by atoms with Crippen molar-refractivity contribution in [1.29, 1.82) is 0 Å². The predicted molar refractivity (Wildman–Crippen MR) is 91.5 cm³/mol. The number of nitrogen functional groups attached to an aromatic ring is 1. The fourth-order valence-corrected chi connectivity index (χ4v) is 1.77. The lowest BCUT2D eigenvalue weighted by Gasteiger charge is -2.22. The number of nitrogens with one attached hydrogen (secondary N) is 3. The summed E-state index contributed by atoms with van der Waals surface area (Å²) in [6.07, 6.45) is 1.49. The first-order chi connectivity index (χ1) is 10.3. The van der Waals surface area contributed by atoms with E-state index < -0.39 is 0 Å². The lowest BCUT2D eigenvalue weighted by atomic mass is 10.1. The Labute approximate surface area is 131 Å². The summed E-state index contributed by atoms with van der Waals surface area (Å²) >= 11 is 0. The van der Waals surface area contributed by atoms with E-state index in [1.807, 2.05) is 20.8 Å². The highest BCUT2D eigenvalue weighted by Crippen LogP contribution is 2.22. The predicted octanol–water partition coefficient (Wildman–Crippen LogP) is 2.69. The molecule has 6 heteroatoms. The first kappa shape index (κ1) is 16.0. The molecule has 5 N–H and O–H groups in total. The van der Waals surface area contributed by atoms with Gasteiger partial charge in [0, 0.05) is 12.1 Å². The van der Waals surface area contributed by atoms with Gasteiger partial charge in [0.15, 0.2) is 11.6 Å². The van der Waals surface area contributed by atoms with Crippen molar-refractivity contribution < 1.29 is 0 Å². The number of hydrogen-bond acceptors (Lipinski definition) is 6. The number of hydrazine groups is 1. The number of nitrogens with zero attached hydrogens (tertiary/aromatic N) is 2. The summed E-state index contributed by atoms with van der Waals surface area (Å²) in [5, 5.41) is 3.24. The van der Waals surface area contributed by atoms with Crippen molar-refractivity contribution in [1.82, 2.24) is 15.4 Å². The summed E-state index contributed by atoms with van der Waals surface area (Å²) in [5.74, 6) is 1.19. The van der Waals surface area contributed by atoms with E-state index >= 15 is 0 Å². The van der Waals surface area contributed by atoms with Crippen molar-refractivity contribution in [3.63, 3.8) is 0 Å². The molecule has 0 radical (unpaired) electrons. The molecule has 0 saturated heterocycles. The van der Waals surface area contributed by atoms with Gasteiger partial charge in [-0.1, -0.05) is 29.8 Å². The molecular formula is C16H24N6. The van der Waals surface area contributed by atoms with Gasteiger partial charge in [-0.3, -0.25) is 0 Å². The number of rotatable bonds is 5. The molecule has 22 heavy (non-hydrogen) atoms. The van der Waals surface area contributed by atoms with E-state index in [1.54, 1.807) is 0 Å². The van der Waals surface area contributed by atoms with E-state index in [9.17, 15) is 0 Å². The van der Waals surface area contributed by atoms with Gasteiger partial charge in [-0.15, -0.1) is 0 Å².